The summed E-state index contributed by atoms with van der Waals surface area (Å²) in [6, 6.07) is 18.5. The normalized spacial score (nSPS) is 12.6. The molecule has 4 rings (SSSR count). The molecule has 0 saturated carbocycles. The zero-order chi connectivity index (χ0) is 20.9. The van der Waals surface area contributed by atoms with E-state index < -0.39 is 12.6 Å². The highest BCUT2D eigenvalue weighted by atomic mass is 16.7. The zero-order valence-corrected chi connectivity index (χ0v) is 16.3. The Labute approximate surface area is 172 Å². The minimum absolute atomic E-state index is 0.190. The van der Waals surface area contributed by atoms with Crippen LogP contribution in [-0.2, 0) is 14.4 Å². The number of hydrogen-bond acceptors (Lipinski definition) is 7. The van der Waals surface area contributed by atoms with E-state index in [2.05, 4.69) is 5.16 Å². The highest BCUT2D eigenvalue weighted by molar-refractivity contribution is 6.01. The highest BCUT2D eigenvalue weighted by Crippen LogP contribution is 2.32. The second-order valence-corrected chi connectivity index (χ2v) is 6.66. The van der Waals surface area contributed by atoms with Gasteiger partial charge in [-0.3, -0.25) is 4.79 Å². The molecule has 0 spiro atoms. The third-order valence-electron chi connectivity index (χ3n) is 4.61. The largest absolute Gasteiger partial charge is 0.455 e. The maximum Gasteiger partial charge on any atom is 0.347 e. The molecular weight excluding hydrogens is 386 g/mol. The summed E-state index contributed by atoms with van der Waals surface area (Å²) in [7, 11) is 0. The number of Topliss-reactive ketones (excluding diaryl/α,β-unsaturated/α-hetero) is 1. The minimum atomic E-state index is -0.675. The molecule has 3 aromatic carbocycles. The number of ether oxygens (including phenoxy) is 3. The molecule has 0 amide bonds. The number of fused-ring (bicyclic) bond motifs is 2. The third-order valence-corrected chi connectivity index (χ3v) is 4.61. The zero-order valence-electron chi connectivity index (χ0n) is 16.3. The van der Waals surface area contributed by atoms with Crippen molar-refractivity contribution in [2.24, 2.45) is 5.16 Å². The maximum absolute atomic E-state index is 12.3. The van der Waals surface area contributed by atoms with E-state index in [9.17, 15) is 9.59 Å². The van der Waals surface area contributed by atoms with Gasteiger partial charge in [0.15, 0.2) is 23.9 Å². The number of oxime groups is 1. The Morgan fingerprint density at radius 3 is 2.53 bits per heavy atom. The number of carbonyl (C=O) groups is 2. The average molecular weight is 405 g/mol. The summed E-state index contributed by atoms with van der Waals surface area (Å²) in [6.45, 7) is 1.18. The Morgan fingerprint density at radius 1 is 0.900 bits per heavy atom. The fraction of sp³-hybridized carbons (Fsp3) is 0.174. The van der Waals surface area contributed by atoms with E-state index in [4.69, 9.17) is 19.0 Å². The van der Waals surface area contributed by atoms with Gasteiger partial charge in [-0.1, -0.05) is 41.6 Å². The van der Waals surface area contributed by atoms with Crippen LogP contribution in [0, 0.1) is 0 Å². The predicted molar refractivity (Wildman–Crippen MR) is 110 cm³/mol. The molecule has 152 valence electrons. The van der Waals surface area contributed by atoms with Gasteiger partial charge in [0.2, 0.25) is 13.4 Å². The van der Waals surface area contributed by atoms with Crippen molar-refractivity contribution < 1.29 is 28.6 Å². The van der Waals surface area contributed by atoms with Crippen LogP contribution in [0.25, 0.3) is 10.8 Å². The molecule has 1 aliphatic rings. The van der Waals surface area contributed by atoms with Crippen LogP contribution in [0.4, 0.5) is 0 Å². The number of rotatable bonds is 7. The van der Waals surface area contributed by atoms with Crippen LogP contribution in [0.2, 0.25) is 0 Å². The molecule has 7 heteroatoms. The van der Waals surface area contributed by atoms with E-state index in [1.54, 1.807) is 31.2 Å². The van der Waals surface area contributed by atoms with Crippen molar-refractivity contribution in [2.75, 3.05) is 20.0 Å². The lowest BCUT2D eigenvalue weighted by Gasteiger charge is -2.06. The molecular formula is C23H19NO6. The van der Waals surface area contributed by atoms with Gasteiger partial charge >= 0.3 is 5.97 Å². The summed E-state index contributed by atoms with van der Waals surface area (Å²) in [6.07, 6.45) is 0. The average Bonchev–Trinajstić information content (AvgIpc) is 3.25. The van der Waals surface area contributed by atoms with Crippen LogP contribution >= 0.6 is 0 Å². The van der Waals surface area contributed by atoms with Crippen LogP contribution < -0.4 is 9.47 Å². The van der Waals surface area contributed by atoms with Gasteiger partial charge < -0.3 is 19.0 Å². The van der Waals surface area contributed by atoms with Crippen LogP contribution in [0.5, 0.6) is 11.5 Å². The monoisotopic (exact) mass is 405 g/mol. The first-order chi connectivity index (χ1) is 14.6. The fourth-order valence-corrected chi connectivity index (χ4v) is 2.99. The molecule has 0 aliphatic carbocycles. The van der Waals surface area contributed by atoms with Crippen LogP contribution in [0.1, 0.15) is 22.8 Å². The Hall–Kier alpha value is -3.87. The van der Waals surface area contributed by atoms with E-state index in [1.165, 1.54) is 0 Å². The Kier molecular flexibility index (Phi) is 5.61. The van der Waals surface area contributed by atoms with Crippen LogP contribution in [0.3, 0.4) is 0 Å². The topological polar surface area (TPSA) is 83.4 Å². The van der Waals surface area contributed by atoms with Crippen molar-refractivity contribution >= 4 is 28.2 Å². The van der Waals surface area contributed by atoms with E-state index in [0.29, 0.717) is 22.8 Å². The number of nitrogens with zero attached hydrogens (tertiary/aromatic N) is 1. The molecule has 0 aromatic heterocycles. The molecule has 30 heavy (non-hydrogen) atoms. The van der Waals surface area contributed by atoms with Crippen molar-refractivity contribution in [3.05, 3.63) is 71.8 Å². The van der Waals surface area contributed by atoms with Gasteiger partial charge in [0, 0.05) is 11.1 Å². The minimum Gasteiger partial charge on any atom is -0.455 e. The lowest BCUT2D eigenvalue weighted by molar-refractivity contribution is -0.147. The van der Waals surface area contributed by atoms with Gasteiger partial charge in [-0.15, -0.1) is 0 Å². The number of hydrogen-bond donors (Lipinski definition) is 0. The van der Waals surface area contributed by atoms with Crippen molar-refractivity contribution in [3.8, 4) is 11.5 Å². The van der Waals surface area contributed by atoms with Crippen molar-refractivity contribution in [1.29, 1.82) is 0 Å². The highest BCUT2D eigenvalue weighted by Gasteiger charge is 2.15. The summed E-state index contributed by atoms with van der Waals surface area (Å²) in [4.78, 5) is 29.2. The van der Waals surface area contributed by atoms with E-state index in [1.807, 2.05) is 36.4 Å². The van der Waals surface area contributed by atoms with E-state index >= 15 is 0 Å². The van der Waals surface area contributed by atoms with Gasteiger partial charge in [0.1, 0.15) is 0 Å². The summed E-state index contributed by atoms with van der Waals surface area (Å²) in [5.41, 5.74) is 1.83. The van der Waals surface area contributed by atoms with E-state index in [-0.39, 0.29) is 19.2 Å². The number of esters is 1. The smallest absolute Gasteiger partial charge is 0.347 e. The first kappa shape index (κ1) is 19.4. The summed E-state index contributed by atoms with van der Waals surface area (Å²) in [5.74, 6) is 0.348. The third kappa shape index (κ3) is 4.41. The lowest BCUT2D eigenvalue weighted by atomic mass is 10.0. The first-order valence-electron chi connectivity index (χ1n) is 9.34. The van der Waals surface area contributed by atoms with Crippen molar-refractivity contribution in [2.45, 2.75) is 6.92 Å². The summed E-state index contributed by atoms with van der Waals surface area (Å²) >= 11 is 0. The summed E-state index contributed by atoms with van der Waals surface area (Å²) < 4.78 is 15.6. The molecule has 0 bridgehead atoms. The molecule has 0 N–H and O–H groups in total. The number of ketones is 1. The van der Waals surface area contributed by atoms with Crippen molar-refractivity contribution in [3.63, 3.8) is 0 Å². The SMILES string of the molecule is CC(=NOCC(=O)OCC(=O)c1ccc2ccccc2c1)c1ccc2c(c1)OCO2. The molecule has 0 saturated heterocycles. The van der Waals surface area contributed by atoms with Gasteiger partial charge in [-0.2, -0.15) is 0 Å². The molecule has 1 aliphatic heterocycles. The molecule has 1 heterocycles. The molecule has 0 atom stereocenters. The van der Waals surface area contributed by atoms with Gasteiger partial charge in [-0.05, 0) is 42.0 Å². The molecule has 0 unspecified atom stereocenters. The second kappa shape index (κ2) is 8.65. The van der Waals surface area contributed by atoms with Gasteiger partial charge in [0.05, 0.1) is 5.71 Å². The number of carbonyl (C=O) groups excluding carboxylic acids is 2. The molecule has 7 nitrogen and oxygen atoms in total. The molecule has 0 radical (unpaired) electrons. The Bertz CT molecular complexity index is 1140. The van der Waals surface area contributed by atoms with Crippen LogP contribution in [-0.4, -0.2) is 37.5 Å². The van der Waals surface area contributed by atoms with Crippen LogP contribution in [0.15, 0.2) is 65.8 Å². The quantitative estimate of drug-likeness (QED) is 0.258. The standard InChI is InChI=1S/C23H19NO6/c1-15(17-8-9-21-22(11-17)29-14-28-21)24-30-13-23(26)27-12-20(25)19-7-6-16-4-2-3-5-18(16)10-19/h2-11H,12-14H2,1H3. The van der Waals surface area contributed by atoms with E-state index in [0.717, 1.165) is 16.3 Å². The lowest BCUT2D eigenvalue weighted by Crippen LogP contribution is -2.17. The Morgan fingerprint density at radius 2 is 1.67 bits per heavy atom. The summed E-state index contributed by atoms with van der Waals surface area (Å²) in [5, 5.41) is 5.90. The van der Waals surface area contributed by atoms with Crippen molar-refractivity contribution in [1.82, 2.24) is 0 Å². The second-order valence-electron chi connectivity index (χ2n) is 6.66. The maximum atomic E-state index is 12.3. The fourth-order valence-electron chi connectivity index (χ4n) is 2.99. The molecule has 3 aromatic rings. The molecule has 0 fully saturated rings. The Balaban J connectivity index is 1.27. The number of benzene rings is 3. The van der Waals surface area contributed by atoms with Gasteiger partial charge in [0.25, 0.3) is 0 Å². The predicted octanol–water partition coefficient (Wildman–Crippen LogP) is 3.74. The van der Waals surface area contributed by atoms with Gasteiger partial charge in [-0.25, -0.2) is 4.79 Å². The first-order valence-corrected chi connectivity index (χ1v) is 9.34.